The number of hydrogen-bond acceptors (Lipinski definition) is 5. The Morgan fingerprint density at radius 2 is 1.68 bits per heavy atom. The molecule has 0 atom stereocenters. The molecule has 0 radical (unpaired) electrons. The van der Waals surface area contributed by atoms with Crippen LogP contribution in [0.4, 0.5) is 5.69 Å². The molecule has 0 bridgehead atoms. The van der Waals surface area contributed by atoms with Gasteiger partial charge in [-0.15, -0.1) is 0 Å². The molecule has 0 unspecified atom stereocenters. The number of hydrogen-bond donors (Lipinski definition) is 2. The second-order valence-electron chi connectivity index (χ2n) is 3.21. The van der Waals surface area contributed by atoms with Crippen LogP contribution in [-0.4, -0.2) is 25.9 Å². The highest BCUT2D eigenvalue weighted by atomic mass is 127. The van der Waals surface area contributed by atoms with E-state index in [1.165, 1.54) is 22.6 Å². The van der Waals surface area contributed by atoms with E-state index >= 15 is 0 Å². The highest BCUT2D eigenvalue weighted by Gasteiger charge is 2.34. The standard InChI is InChI=1S/C7H5IN2O6S2.BrH/c1-3-6(10-9)5(17(11,12)13)2-4(8)7(3)18(14,15)16;/h2H,1H3,(H-,11,12,13,14,15,16);1H. The van der Waals surface area contributed by atoms with Gasteiger partial charge in [-0.2, -0.15) is 16.8 Å². The summed E-state index contributed by atoms with van der Waals surface area (Å²) in [6.45, 7) is 1.13. The van der Waals surface area contributed by atoms with Gasteiger partial charge >= 0.3 is 15.8 Å². The summed E-state index contributed by atoms with van der Waals surface area (Å²) < 4.78 is 62.1. The predicted octanol–water partition coefficient (Wildman–Crippen LogP) is -1.42. The first-order valence-corrected chi connectivity index (χ1v) is 8.09. The average molecular weight is 485 g/mol. The maximum Gasteiger partial charge on any atom is 0.410 e. The van der Waals surface area contributed by atoms with E-state index in [9.17, 15) is 16.8 Å². The zero-order valence-corrected chi connectivity index (χ0v) is 14.4. The minimum absolute atomic E-state index is 0. The molecule has 0 aliphatic carbocycles. The van der Waals surface area contributed by atoms with Crippen molar-refractivity contribution in [1.29, 1.82) is 5.39 Å². The molecule has 0 aliphatic rings. The van der Waals surface area contributed by atoms with Crippen LogP contribution < -0.4 is 17.0 Å². The first-order chi connectivity index (χ1) is 8.00. The van der Waals surface area contributed by atoms with Crippen molar-refractivity contribution < 1.29 is 42.9 Å². The van der Waals surface area contributed by atoms with Crippen LogP contribution >= 0.6 is 22.6 Å². The second-order valence-corrected chi connectivity index (χ2v) is 7.12. The smallest absolute Gasteiger partial charge is 0.410 e. The molecule has 1 aromatic carbocycles. The number of halogens is 2. The van der Waals surface area contributed by atoms with Gasteiger partial charge in [-0.05, 0) is 35.6 Å². The van der Waals surface area contributed by atoms with Crippen LogP contribution in [0, 0.1) is 15.9 Å². The molecule has 1 aromatic rings. The molecule has 0 fully saturated rings. The summed E-state index contributed by atoms with van der Waals surface area (Å²) in [5.41, 5.74) is -0.940. The first kappa shape index (κ1) is 18.7. The van der Waals surface area contributed by atoms with Gasteiger partial charge in [0.1, 0.15) is 4.90 Å². The molecule has 1 rings (SSSR count). The molecule has 19 heavy (non-hydrogen) atoms. The number of nitrogens with zero attached hydrogens (tertiary/aromatic N) is 2. The van der Waals surface area contributed by atoms with E-state index in [-0.39, 0.29) is 26.1 Å². The lowest BCUT2D eigenvalue weighted by Crippen LogP contribution is -3.00. The van der Waals surface area contributed by atoms with Crippen LogP contribution in [0.1, 0.15) is 5.56 Å². The van der Waals surface area contributed by atoms with Crippen molar-refractivity contribution in [2.45, 2.75) is 16.7 Å². The summed E-state index contributed by atoms with van der Waals surface area (Å²) in [7, 11) is -9.30. The number of diazo groups is 1. The molecule has 0 heterocycles. The zero-order valence-electron chi connectivity index (χ0n) is 9.07. The molecule has 2 N–H and O–H groups in total. The van der Waals surface area contributed by atoms with E-state index in [0.29, 0.717) is 0 Å². The summed E-state index contributed by atoms with van der Waals surface area (Å²) in [5, 5.41) is 8.71. The Kier molecular flexibility index (Phi) is 5.87. The van der Waals surface area contributed by atoms with Crippen molar-refractivity contribution in [3.63, 3.8) is 0 Å². The minimum atomic E-state index is -4.69. The van der Waals surface area contributed by atoms with Crippen molar-refractivity contribution in [3.8, 4) is 0 Å². The van der Waals surface area contributed by atoms with E-state index in [1.807, 2.05) is 0 Å². The molecule has 0 saturated heterocycles. The van der Waals surface area contributed by atoms with Gasteiger partial charge in [0.25, 0.3) is 10.1 Å². The summed E-state index contributed by atoms with van der Waals surface area (Å²) in [4.78, 5) is 1.30. The molecule has 8 nitrogen and oxygen atoms in total. The van der Waals surface area contributed by atoms with Crippen molar-refractivity contribution in [2.24, 2.45) is 0 Å². The lowest BCUT2D eigenvalue weighted by Gasteiger charge is -2.05. The Morgan fingerprint density at radius 1 is 1.21 bits per heavy atom. The normalized spacial score (nSPS) is 11.5. The molecule has 12 heteroatoms. The van der Waals surface area contributed by atoms with E-state index < -0.39 is 35.7 Å². The van der Waals surface area contributed by atoms with E-state index in [4.69, 9.17) is 14.5 Å². The molecule has 106 valence electrons. The second kappa shape index (κ2) is 5.97. The van der Waals surface area contributed by atoms with Gasteiger partial charge in [0.05, 0.1) is 5.56 Å². The highest BCUT2D eigenvalue weighted by Crippen LogP contribution is 2.36. The summed E-state index contributed by atoms with van der Waals surface area (Å²) in [6, 6.07) is 0.779. The van der Waals surface area contributed by atoms with Crippen LogP contribution in [0.3, 0.4) is 0 Å². The minimum Gasteiger partial charge on any atom is -1.00 e. The largest absolute Gasteiger partial charge is 1.00 e. The monoisotopic (exact) mass is 484 g/mol. The molecular weight excluding hydrogens is 479 g/mol. The molecular formula is C7H6BrIN2O6S2. The fourth-order valence-corrected chi connectivity index (χ4v) is 4.61. The van der Waals surface area contributed by atoms with E-state index in [2.05, 4.69) is 4.98 Å². The van der Waals surface area contributed by atoms with Crippen molar-refractivity contribution in [2.75, 3.05) is 0 Å². The Hall–Kier alpha value is -0.330. The lowest BCUT2D eigenvalue weighted by molar-refractivity contribution is -0.0000121. The van der Waals surface area contributed by atoms with Crippen LogP contribution in [-0.2, 0) is 20.2 Å². The third-order valence-corrected chi connectivity index (χ3v) is 5.17. The first-order valence-electron chi connectivity index (χ1n) is 4.13. The average Bonchev–Trinajstić information content (AvgIpc) is 2.13. The van der Waals surface area contributed by atoms with Crippen LogP contribution in [0.5, 0.6) is 0 Å². The van der Waals surface area contributed by atoms with E-state index in [1.54, 1.807) is 0 Å². The number of benzene rings is 1. The third-order valence-electron chi connectivity index (χ3n) is 2.04. The molecule has 0 aromatic heterocycles. The Morgan fingerprint density at radius 3 is 2.00 bits per heavy atom. The quantitative estimate of drug-likeness (QED) is 0.298. The van der Waals surface area contributed by atoms with Crippen molar-refractivity contribution >= 4 is 48.5 Å². The van der Waals surface area contributed by atoms with Crippen LogP contribution in [0.15, 0.2) is 15.9 Å². The van der Waals surface area contributed by atoms with Gasteiger partial charge < -0.3 is 17.0 Å². The van der Waals surface area contributed by atoms with Gasteiger partial charge in [0.15, 0.2) is 9.87 Å². The maximum atomic E-state index is 11.1. The molecule has 0 amide bonds. The maximum absolute atomic E-state index is 11.1. The van der Waals surface area contributed by atoms with Crippen LogP contribution in [0.2, 0.25) is 0 Å². The molecule has 0 spiro atoms. The highest BCUT2D eigenvalue weighted by molar-refractivity contribution is 14.1. The van der Waals surface area contributed by atoms with Gasteiger partial charge in [0, 0.05) is 3.57 Å². The van der Waals surface area contributed by atoms with Crippen LogP contribution in [0.25, 0.3) is 4.98 Å². The van der Waals surface area contributed by atoms with Crippen molar-refractivity contribution in [3.05, 3.63) is 20.2 Å². The summed E-state index contributed by atoms with van der Waals surface area (Å²) in [6.07, 6.45) is 0. The molecule has 0 saturated carbocycles. The topological polar surface area (TPSA) is 137 Å². The predicted molar refractivity (Wildman–Crippen MR) is 68.3 cm³/mol. The SMILES string of the molecule is Cc1c([N+]#N)c(S(=O)(=O)O)cc(I)c1S(=O)(=O)O.[Br-]. The zero-order chi connectivity index (χ0) is 14.3. The van der Waals surface area contributed by atoms with Gasteiger partial charge in [0.2, 0.25) is 5.39 Å². The van der Waals surface area contributed by atoms with Gasteiger partial charge in [-0.25, -0.2) is 0 Å². The van der Waals surface area contributed by atoms with Crippen molar-refractivity contribution in [1.82, 2.24) is 0 Å². The third kappa shape index (κ3) is 3.83. The fourth-order valence-electron chi connectivity index (χ4n) is 1.36. The molecule has 0 aliphatic heterocycles. The fraction of sp³-hybridized carbons (Fsp3) is 0.143. The summed E-state index contributed by atoms with van der Waals surface area (Å²) >= 11 is 1.47. The van der Waals surface area contributed by atoms with Gasteiger partial charge in [-0.3, -0.25) is 9.11 Å². The van der Waals surface area contributed by atoms with Gasteiger partial charge in [-0.1, -0.05) is 0 Å². The summed E-state index contributed by atoms with van der Waals surface area (Å²) in [5.74, 6) is 0. The Balaban J connectivity index is 0.00000324. The Labute approximate surface area is 133 Å². The number of rotatable bonds is 2. The van der Waals surface area contributed by atoms with E-state index in [0.717, 1.165) is 13.0 Å². The Bertz CT molecular complexity index is 768. The lowest BCUT2D eigenvalue weighted by atomic mass is 10.2.